The number of methoxy groups -OCH3 is 3. The van der Waals surface area contributed by atoms with E-state index in [0.717, 1.165) is 12.8 Å². The Morgan fingerprint density at radius 2 is 1.57 bits per heavy atom. The maximum absolute atomic E-state index is 12.3. The smallest absolute Gasteiger partial charge is 0.204 e. The van der Waals surface area contributed by atoms with Crippen LogP contribution in [0.3, 0.4) is 0 Å². The first kappa shape index (κ1) is 17.3. The maximum Gasteiger partial charge on any atom is 0.204 e. The van der Waals surface area contributed by atoms with Gasteiger partial charge in [0.15, 0.2) is 17.3 Å². The van der Waals surface area contributed by atoms with Crippen LogP contribution in [0.2, 0.25) is 0 Å². The summed E-state index contributed by atoms with van der Waals surface area (Å²) in [6, 6.07) is 3.49. The van der Waals surface area contributed by atoms with Gasteiger partial charge < -0.3 is 14.2 Å². The van der Waals surface area contributed by atoms with Crippen molar-refractivity contribution in [3.8, 4) is 17.2 Å². The number of rotatable bonds is 10. The number of hydrogen-bond donors (Lipinski definition) is 0. The molecule has 0 fully saturated rings. The van der Waals surface area contributed by atoms with Gasteiger partial charge in [-0.15, -0.1) is 0 Å². The van der Waals surface area contributed by atoms with Crippen molar-refractivity contribution in [2.75, 3.05) is 21.3 Å². The number of ketones is 1. The van der Waals surface area contributed by atoms with E-state index in [1.807, 2.05) is 0 Å². The van der Waals surface area contributed by atoms with E-state index < -0.39 is 0 Å². The summed E-state index contributed by atoms with van der Waals surface area (Å²) in [4.78, 5) is 12.3. The molecule has 0 atom stereocenters. The summed E-state index contributed by atoms with van der Waals surface area (Å²) in [6.45, 7) is 2.18. The highest BCUT2D eigenvalue weighted by Gasteiger charge is 2.20. The van der Waals surface area contributed by atoms with Gasteiger partial charge in [0.2, 0.25) is 5.75 Å². The van der Waals surface area contributed by atoms with Crippen LogP contribution in [0.5, 0.6) is 17.2 Å². The van der Waals surface area contributed by atoms with Gasteiger partial charge in [-0.25, -0.2) is 0 Å². The summed E-state index contributed by atoms with van der Waals surface area (Å²) in [6.07, 6.45) is 6.17. The van der Waals surface area contributed by atoms with Gasteiger partial charge in [0.05, 0.1) is 26.9 Å². The molecule has 0 saturated heterocycles. The van der Waals surface area contributed by atoms with E-state index in [4.69, 9.17) is 14.2 Å². The zero-order valence-corrected chi connectivity index (χ0v) is 13.5. The molecule has 0 bridgehead atoms. The molecule has 4 nitrogen and oxygen atoms in total. The third kappa shape index (κ3) is 4.66. The van der Waals surface area contributed by atoms with E-state index in [-0.39, 0.29) is 5.78 Å². The van der Waals surface area contributed by atoms with Crippen LogP contribution in [0.15, 0.2) is 12.1 Å². The molecular formula is C17H26O4. The molecule has 1 aromatic carbocycles. The van der Waals surface area contributed by atoms with E-state index in [1.165, 1.54) is 26.4 Å². The molecule has 118 valence electrons. The molecule has 0 unspecified atom stereocenters. The van der Waals surface area contributed by atoms with Crippen LogP contribution < -0.4 is 14.2 Å². The van der Waals surface area contributed by atoms with Crippen molar-refractivity contribution in [1.29, 1.82) is 0 Å². The summed E-state index contributed by atoms with van der Waals surface area (Å²) >= 11 is 0. The van der Waals surface area contributed by atoms with Crippen LogP contribution in [0.25, 0.3) is 0 Å². The van der Waals surface area contributed by atoms with Crippen LogP contribution in [0.4, 0.5) is 0 Å². The third-order valence-electron chi connectivity index (χ3n) is 3.51. The molecule has 21 heavy (non-hydrogen) atoms. The molecule has 1 aromatic rings. The average molecular weight is 294 g/mol. The summed E-state index contributed by atoms with van der Waals surface area (Å²) in [7, 11) is 4.64. The molecule has 0 aliphatic heterocycles. The molecule has 0 saturated carbocycles. The first-order chi connectivity index (χ1) is 10.2. The lowest BCUT2D eigenvalue weighted by atomic mass is 10.0. The molecule has 0 aliphatic rings. The molecular weight excluding hydrogens is 268 g/mol. The van der Waals surface area contributed by atoms with Crippen LogP contribution in [-0.2, 0) is 0 Å². The number of hydrogen-bond acceptors (Lipinski definition) is 4. The van der Waals surface area contributed by atoms with Crippen LogP contribution >= 0.6 is 0 Å². The van der Waals surface area contributed by atoms with E-state index in [9.17, 15) is 4.79 Å². The fourth-order valence-corrected chi connectivity index (χ4v) is 2.34. The Bertz CT molecular complexity index is 454. The van der Waals surface area contributed by atoms with Crippen molar-refractivity contribution >= 4 is 5.78 Å². The molecule has 0 amide bonds. The van der Waals surface area contributed by atoms with Crippen LogP contribution in [0, 0.1) is 0 Å². The largest absolute Gasteiger partial charge is 0.493 e. The minimum absolute atomic E-state index is 0.0873. The summed E-state index contributed by atoms with van der Waals surface area (Å²) in [5.74, 6) is 1.57. The van der Waals surface area contributed by atoms with E-state index >= 15 is 0 Å². The molecule has 0 heterocycles. The Morgan fingerprint density at radius 1 is 0.905 bits per heavy atom. The fraction of sp³-hybridized carbons (Fsp3) is 0.588. The number of benzene rings is 1. The minimum Gasteiger partial charge on any atom is -0.493 e. The van der Waals surface area contributed by atoms with Gasteiger partial charge in [0, 0.05) is 6.42 Å². The third-order valence-corrected chi connectivity index (χ3v) is 3.51. The van der Waals surface area contributed by atoms with E-state index in [2.05, 4.69) is 6.92 Å². The summed E-state index contributed by atoms with van der Waals surface area (Å²) in [5.41, 5.74) is 0.561. The Balaban J connectivity index is 2.79. The Morgan fingerprint density at radius 3 is 2.14 bits per heavy atom. The molecule has 0 aromatic heterocycles. The molecule has 0 spiro atoms. The number of ether oxygens (including phenoxy) is 3. The van der Waals surface area contributed by atoms with Crippen molar-refractivity contribution < 1.29 is 19.0 Å². The van der Waals surface area contributed by atoms with Gasteiger partial charge in [-0.3, -0.25) is 4.79 Å². The highest BCUT2D eigenvalue weighted by atomic mass is 16.5. The zero-order chi connectivity index (χ0) is 15.7. The van der Waals surface area contributed by atoms with Crippen LogP contribution in [0.1, 0.15) is 55.8 Å². The Kier molecular flexibility index (Phi) is 7.65. The lowest BCUT2D eigenvalue weighted by molar-refractivity contribution is 0.0975. The zero-order valence-electron chi connectivity index (χ0n) is 13.5. The van der Waals surface area contributed by atoms with Gasteiger partial charge in [-0.05, 0) is 18.6 Å². The first-order valence-electron chi connectivity index (χ1n) is 7.51. The highest BCUT2D eigenvalue weighted by molar-refractivity contribution is 5.99. The van der Waals surface area contributed by atoms with Crippen molar-refractivity contribution in [2.45, 2.75) is 45.4 Å². The summed E-state index contributed by atoms with van der Waals surface area (Å²) in [5, 5.41) is 0. The average Bonchev–Trinajstić information content (AvgIpc) is 2.52. The minimum atomic E-state index is 0.0873. The Hall–Kier alpha value is -1.71. The van der Waals surface area contributed by atoms with Crippen molar-refractivity contribution in [2.24, 2.45) is 0 Å². The number of Topliss-reactive ketones (excluding diaryl/α,β-unsaturated/α-hetero) is 1. The van der Waals surface area contributed by atoms with Gasteiger partial charge >= 0.3 is 0 Å². The predicted octanol–water partition coefficient (Wildman–Crippen LogP) is 4.26. The van der Waals surface area contributed by atoms with Crippen molar-refractivity contribution in [1.82, 2.24) is 0 Å². The normalized spacial score (nSPS) is 10.3. The standard InChI is InChI=1S/C17H26O4/c1-5-6-7-8-9-10-14(18)13-11-12-15(19-2)17(21-4)16(13)20-3/h11-12H,5-10H2,1-4H3. The predicted molar refractivity (Wildman–Crippen MR) is 83.8 cm³/mol. The molecule has 0 N–H and O–H groups in total. The van der Waals surface area contributed by atoms with Gasteiger partial charge in [0.25, 0.3) is 0 Å². The van der Waals surface area contributed by atoms with E-state index in [1.54, 1.807) is 26.4 Å². The maximum atomic E-state index is 12.3. The van der Waals surface area contributed by atoms with Crippen LogP contribution in [-0.4, -0.2) is 27.1 Å². The Labute approximate surface area is 127 Å². The van der Waals surface area contributed by atoms with Gasteiger partial charge in [-0.1, -0.05) is 32.6 Å². The SMILES string of the molecule is CCCCCCCC(=O)c1ccc(OC)c(OC)c1OC. The number of carbonyl (C=O) groups excluding carboxylic acids is 1. The van der Waals surface area contributed by atoms with Gasteiger partial charge in [0.1, 0.15) is 0 Å². The fourth-order valence-electron chi connectivity index (χ4n) is 2.34. The first-order valence-corrected chi connectivity index (χ1v) is 7.51. The summed E-state index contributed by atoms with van der Waals surface area (Å²) < 4.78 is 15.9. The number of unbranched alkanes of at least 4 members (excludes halogenated alkanes) is 4. The van der Waals surface area contributed by atoms with E-state index in [0.29, 0.717) is 29.2 Å². The topological polar surface area (TPSA) is 44.8 Å². The molecule has 0 aliphatic carbocycles. The van der Waals surface area contributed by atoms with Crippen molar-refractivity contribution in [3.05, 3.63) is 17.7 Å². The molecule has 4 heteroatoms. The lowest BCUT2D eigenvalue weighted by Gasteiger charge is -2.15. The molecule has 0 radical (unpaired) electrons. The quantitative estimate of drug-likeness (QED) is 0.478. The second-order valence-corrected chi connectivity index (χ2v) is 4.97. The number of carbonyl (C=O) groups is 1. The monoisotopic (exact) mass is 294 g/mol. The van der Waals surface area contributed by atoms with Crippen molar-refractivity contribution in [3.63, 3.8) is 0 Å². The molecule has 1 rings (SSSR count). The highest BCUT2D eigenvalue weighted by Crippen LogP contribution is 2.40. The second kappa shape index (κ2) is 9.27. The lowest BCUT2D eigenvalue weighted by Crippen LogP contribution is -2.05. The van der Waals surface area contributed by atoms with Gasteiger partial charge in [-0.2, -0.15) is 0 Å². The second-order valence-electron chi connectivity index (χ2n) is 4.97.